The van der Waals surface area contributed by atoms with Crippen molar-refractivity contribution in [2.45, 2.75) is 6.92 Å². The van der Waals surface area contributed by atoms with Crippen LogP contribution in [0.1, 0.15) is 5.82 Å². The van der Waals surface area contributed by atoms with E-state index in [1.54, 1.807) is 21.7 Å². The minimum absolute atomic E-state index is 0.335. The zero-order chi connectivity index (χ0) is 20.8. The van der Waals surface area contributed by atoms with Crippen molar-refractivity contribution in [1.82, 2.24) is 44.5 Å². The van der Waals surface area contributed by atoms with Crippen LogP contribution in [0.25, 0.3) is 45.1 Å². The van der Waals surface area contributed by atoms with Gasteiger partial charge in [-0.1, -0.05) is 60.7 Å². The van der Waals surface area contributed by atoms with Crippen LogP contribution in [-0.4, -0.2) is 44.5 Å². The molecular weight excluding hydrogens is 390 g/mol. The maximum atomic E-state index is 4.84. The zero-order valence-corrected chi connectivity index (χ0v) is 16.5. The van der Waals surface area contributed by atoms with Gasteiger partial charge in [-0.25, -0.2) is 19.5 Å². The lowest BCUT2D eigenvalue weighted by atomic mass is 10.0. The minimum atomic E-state index is 0.335. The van der Waals surface area contributed by atoms with E-state index in [1.165, 1.54) is 0 Å². The normalized spacial score (nSPS) is 11.4. The largest absolute Gasteiger partial charge is 0.272 e. The molecule has 0 N–H and O–H groups in total. The van der Waals surface area contributed by atoms with E-state index in [1.807, 2.05) is 67.6 Å². The molecule has 0 bridgehead atoms. The van der Waals surface area contributed by atoms with Gasteiger partial charge >= 0.3 is 0 Å². The molecule has 0 aliphatic rings. The van der Waals surface area contributed by atoms with Gasteiger partial charge in [-0.3, -0.25) is 0 Å². The Bertz CT molecular complexity index is 1540. The number of benzene rings is 2. The lowest BCUT2D eigenvalue weighted by molar-refractivity contribution is 0.787. The molecular formula is C22H15N9. The third-order valence-electron chi connectivity index (χ3n) is 4.97. The van der Waals surface area contributed by atoms with E-state index in [9.17, 15) is 0 Å². The smallest absolute Gasteiger partial charge is 0.216 e. The van der Waals surface area contributed by atoms with E-state index in [4.69, 9.17) is 4.98 Å². The zero-order valence-electron chi connectivity index (χ0n) is 16.5. The summed E-state index contributed by atoms with van der Waals surface area (Å²) >= 11 is 0. The van der Waals surface area contributed by atoms with Crippen LogP contribution >= 0.6 is 0 Å². The summed E-state index contributed by atoms with van der Waals surface area (Å²) in [6.07, 6.45) is 3.31. The molecule has 9 nitrogen and oxygen atoms in total. The molecule has 4 heterocycles. The summed E-state index contributed by atoms with van der Waals surface area (Å²) in [6, 6.07) is 19.8. The predicted octanol–water partition coefficient (Wildman–Crippen LogP) is 3.29. The number of aromatic nitrogens is 9. The number of hydrogen-bond acceptors (Lipinski definition) is 7. The summed E-state index contributed by atoms with van der Waals surface area (Å²) in [7, 11) is 0. The van der Waals surface area contributed by atoms with Crippen LogP contribution in [0.15, 0.2) is 73.2 Å². The quantitative estimate of drug-likeness (QED) is 0.445. The lowest BCUT2D eigenvalue weighted by Crippen LogP contribution is -2.08. The van der Waals surface area contributed by atoms with Gasteiger partial charge in [-0.2, -0.15) is 14.9 Å². The molecule has 2 aromatic carbocycles. The second-order valence-corrected chi connectivity index (χ2v) is 7.01. The molecule has 0 amide bonds. The van der Waals surface area contributed by atoms with Crippen molar-refractivity contribution >= 4 is 16.7 Å². The highest BCUT2D eigenvalue weighted by Gasteiger charge is 2.18. The average Bonchev–Trinajstić information content (AvgIpc) is 3.42. The number of aryl methyl sites for hydroxylation is 1. The van der Waals surface area contributed by atoms with Gasteiger partial charge in [0.15, 0.2) is 11.3 Å². The Morgan fingerprint density at radius 3 is 2.19 bits per heavy atom. The topological polar surface area (TPSA) is 99.6 Å². The summed E-state index contributed by atoms with van der Waals surface area (Å²) in [5.41, 5.74) is 4.59. The van der Waals surface area contributed by atoms with Crippen molar-refractivity contribution in [3.63, 3.8) is 0 Å². The predicted molar refractivity (Wildman–Crippen MR) is 114 cm³/mol. The molecule has 6 rings (SSSR count). The molecule has 6 aromatic rings. The van der Waals surface area contributed by atoms with Gasteiger partial charge in [0.25, 0.3) is 5.95 Å². The molecule has 0 radical (unpaired) electrons. The maximum Gasteiger partial charge on any atom is 0.272 e. The molecule has 9 heteroatoms. The van der Waals surface area contributed by atoms with E-state index in [0.29, 0.717) is 28.8 Å². The summed E-state index contributed by atoms with van der Waals surface area (Å²) in [6.45, 7) is 1.84. The van der Waals surface area contributed by atoms with Crippen LogP contribution in [0.4, 0.5) is 0 Å². The molecule has 0 aliphatic heterocycles. The summed E-state index contributed by atoms with van der Waals surface area (Å²) in [5.74, 6) is 1.00. The number of nitrogens with zero attached hydrogens (tertiary/aromatic N) is 9. The first-order valence-electron chi connectivity index (χ1n) is 9.69. The van der Waals surface area contributed by atoms with E-state index >= 15 is 0 Å². The van der Waals surface area contributed by atoms with Crippen LogP contribution in [-0.2, 0) is 0 Å². The molecule has 0 fully saturated rings. The molecule has 0 spiro atoms. The van der Waals surface area contributed by atoms with Crippen molar-refractivity contribution < 1.29 is 0 Å². The Kier molecular flexibility index (Phi) is 3.79. The summed E-state index contributed by atoms with van der Waals surface area (Å²) in [5, 5.41) is 18.4. The lowest BCUT2D eigenvalue weighted by Gasteiger charge is -2.09. The van der Waals surface area contributed by atoms with E-state index in [2.05, 4.69) is 30.4 Å². The monoisotopic (exact) mass is 405 g/mol. The van der Waals surface area contributed by atoms with Crippen molar-refractivity contribution in [2.24, 2.45) is 0 Å². The van der Waals surface area contributed by atoms with E-state index in [0.717, 1.165) is 22.2 Å². The third-order valence-corrected chi connectivity index (χ3v) is 4.97. The first-order valence-corrected chi connectivity index (χ1v) is 9.69. The van der Waals surface area contributed by atoms with Crippen molar-refractivity contribution in [3.8, 4) is 28.5 Å². The van der Waals surface area contributed by atoms with E-state index in [-0.39, 0.29) is 0 Å². The van der Waals surface area contributed by atoms with Crippen molar-refractivity contribution in [3.05, 3.63) is 79.0 Å². The molecule has 0 aliphatic carbocycles. The van der Waals surface area contributed by atoms with Crippen LogP contribution < -0.4 is 0 Å². The molecule has 4 aromatic heterocycles. The molecule has 0 atom stereocenters. The third kappa shape index (κ3) is 2.83. The molecule has 0 saturated carbocycles. The van der Waals surface area contributed by atoms with Gasteiger partial charge in [0.2, 0.25) is 0 Å². The van der Waals surface area contributed by atoms with Crippen LogP contribution in [0.2, 0.25) is 0 Å². The van der Waals surface area contributed by atoms with E-state index < -0.39 is 0 Å². The Morgan fingerprint density at radius 2 is 1.45 bits per heavy atom. The Labute approximate surface area is 176 Å². The fourth-order valence-electron chi connectivity index (χ4n) is 3.57. The van der Waals surface area contributed by atoms with Gasteiger partial charge in [0.05, 0.1) is 11.6 Å². The number of rotatable bonds is 3. The number of hydrogen-bond donors (Lipinski definition) is 0. The maximum absolute atomic E-state index is 4.84. The molecule has 31 heavy (non-hydrogen) atoms. The van der Waals surface area contributed by atoms with Gasteiger partial charge in [-0.15, -0.1) is 10.2 Å². The Hall–Kier alpha value is -4.53. The number of fused-ring (bicyclic) bond motifs is 3. The Morgan fingerprint density at radius 1 is 0.742 bits per heavy atom. The van der Waals surface area contributed by atoms with Crippen molar-refractivity contribution in [2.75, 3.05) is 0 Å². The van der Waals surface area contributed by atoms with Crippen LogP contribution in [0.5, 0.6) is 0 Å². The molecule has 0 saturated heterocycles. The van der Waals surface area contributed by atoms with Gasteiger partial charge in [-0.05, 0) is 6.92 Å². The SMILES string of the molecule is Cc1nc2c3cnn(-c4nnc(-c5ccccc5)c(-c5ccccc5)n4)c3ncn2n1. The molecule has 148 valence electrons. The average molecular weight is 405 g/mol. The summed E-state index contributed by atoms with van der Waals surface area (Å²) in [4.78, 5) is 13.8. The fraction of sp³-hybridized carbons (Fsp3) is 0.0455. The fourth-order valence-corrected chi connectivity index (χ4v) is 3.57. The van der Waals surface area contributed by atoms with Gasteiger partial charge in [0, 0.05) is 11.1 Å². The highest BCUT2D eigenvalue weighted by Crippen LogP contribution is 2.29. The van der Waals surface area contributed by atoms with Gasteiger partial charge in [0.1, 0.15) is 23.5 Å². The van der Waals surface area contributed by atoms with Crippen molar-refractivity contribution in [1.29, 1.82) is 0 Å². The summed E-state index contributed by atoms with van der Waals surface area (Å²) < 4.78 is 3.21. The Balaban J connectivity index is 1.58. The van der Waals surface area contributed by atoms with Crippen LogP contribution in [0, 0.1) is 6.92 Å². The molecule has 0 unspecified atom stereocenters. The second-order valence-electron chi connectivity index (χ2n) is 7.01. The minimum Gasteiger partial charge on any atom is -0.216 e. The van der Waals surface area contributed by atoms with Crippen LogP contribution in [0.3, 0.4) is 0 Å². The van der Waals surface area contributed by atoms with Gasteiger partial charge < -0.3 is 0 Å². The standard InChI is InChI=1S/C22H15N9/c1-14-25-21-17-12-24-31(20(17)23-13-30(21)29-14)22-26-18(15-8-4-2-5-9-15)19(27-28-22)16-10-6-3-7-11-16/h2-13H,1H3. The highest BCUT2D eigenvalue weighted by molar-refractivity contribution is 5.89. The first-order chi connectivity index (χ1) is 15.3. The highest BCUT2D eigenvalue weighted by atomic mass is 15.4. The first kappa shape index (κ1) is 17.3. The second kappa shape index (κ2) is 6.77.